The molecule has 2 rings (SSSR count). The van der Waals surface area contributed by atoms with Gasteiger partial charge in [0, 0.05) is 5.69 Å². The molecular formula is C14H17N. The number of rotatable bonds is 1. The van der Waals surface area contributed by atoms with Gasteiger partial charge in [0.15, 0.2) is 0 Å². The summed E-state index contributed by atoms with van der Waals surface area (Å²) in [5, 5.41) is 0. The molecule has 1 aliphatic rings. The van der Waals surface area contributed by atoms with Crippen molar-refractivity contribution in [3.63, 3.8) is 0 Å². The van der Waals surface area contributed by atoms with E-state index in [-0.39, 0.29) is 0 Å². The molecule has 2 N–H and O–H groups in total. The molecule has 0 amide bonds. The molecular weight excluding hydrogens is 182 g/mol. The number of anilines is 1. The molecule has 1 nitrogen and oxygen atoms in total. The minimum Gasteiger partial charge on any atom is -0.399 e. The van der Waals surface area contributed by atoms with Crippen molar-refractivity contribution >= 4 is 11.3 Å². The fourth-order valence-corrected chi connectivity index (χ4v) is 2.11. The van der Waals surface area contributed by atoms with Crippen LogP contribution in [0.5, 0.6) is 0 Å². The van der Waals surface area contributed by atoms with Crippen molar-refractivity contribution in [1.82, 2.24) is 0 Å². The second-order valence-corrected chi connectivity index (χ2v) is 4.51. The third kappa shape index (κ3) is 1.82. The fourth-order valence-electron chi connectivity index (χ4n) is 2.11. The Labute approximate surface area is 91.3 Å². The predicted octanol–water partition coefficient (Wildman–Crippen LogP) is 3.42. The van der Waals surface area contributed by atoms with Gasteiger partial charge in [-0.3, -0.25) is 0 Å². The van der Waals surface area contributed by atoms with E-state index in [0.717, 1.165) is 12.1 Å². The molecule has 0 fully saturated rings. The van der Waals surface area contributed by atoms with E-state index >= 15 is 0 Å². The second kappa shape index (κ2) is 3.58. The van der Waals surface area contributed by atoms with Crippen LogP contribution >= 0.6 is 0 Å². The molecule has 0 bridgehead atoms. The molecule has 1 aromatic rings. The number of allylic oxidation sites excluding steroid dienone is 3. The molecule has 0 aromatic heterocycles. The van der Waals surface area contributed by atoms with Crippen LogP contribution in [0.4, 0.5) is 5.69 Å². The molecule has 0 unspecified atom stereocenters. The molecule has 0 spiro atoms. The Morgan fingerprint density at radius 3 is 2.73 bits per heavy atom. The van der Waals surface area contributed by atoms with Crippen LogP contribution in [0.3, 0.4) is 0 Å². The lowest BCUT2D eigenvalue weighted by molar-refractivity contribution is 0.847. The maximum atomic E-state index is 5.80. The Kier molecular flexibility index (Phi) is 2.39. The lowest BCUT2D eigenvalue weighted by atomic mass is 9.83. The highest BCUT2D eigenvalue weighted by Crippen LogP contribution is 2.34. The van der Waals surface area contributed by atoms with Crippen molar-refractivity contribution < 1.29 is 0 Å². The third-order valence-electron chi connectivity index (χ3n) is 2.84. The normalized spacial score (nSPS) is 15.1. The SMILES string of the molecule is C=C1C=C(C(C)C)c2ccc(N)cc2C1. The lowest BCUT2D eigenvalue weighted by Crippen LogP contribution is -2.06. The van der Waals surface area contributed by atoms with E-state index in [4.69, 9.17) is 5.73 Å². The molecule has 1 aliphatic carbocycles. The van der Waals surface area contributed by atoms with Gasteiger partial charge in [-0.05, 0) is 41.2 Å². The van der Waals surface area contributed by atoms with Crippen LogP contribution in [0, 0.1) is 5.92 Å². The van der Waals surface area contributed by atoms with Crippen LogP contribution in [0.15, 0.2) is 36.4 Å². The highest BCUT2D eigenvalue weighted by Gasteiger charge is 2.16. The first kappa shape index (κ1) is 10.0. The summed E-state index contributed by atoms with van der Waals surface area (Å²) in [6.45, 7) is 8.48. The van der Waals surface area contributed by atoms with Gasteiger partial charge in [-0.15, -0.1) is 0 Å². The minimum absolute atomic E-state index is 0.532. The van der Waals surface area contributed by atoms with Crippen LogP contribution in [-0.4, -0.2) is 0 Å². The van der Waals surface area contributed by atoms with Crippen molar-refractivity contribution in [2.75, 3.05) is 5.73 Å². The van der Waals surface area contributed by atoms with Crippen LogP contribution in [0.2, 0.25) is 0 Å². The Hall–Kier alpha value is -1.50. The van der Waals surface area contributed by atoms with E-state index in [1.165, 1.54) is 22.3 Å². The Morgan fingerprint density at radius 2 is 2.07 bits per heavy atom. The zero-order valence-corrected chi connectivity index (χ0v) is 9.38. The van der Waals surface area contributed by atoms with Gasteiger partial charge in [0.1, 0.15) is 0 Å². The summed E-state index contributed by atoms with van der Waals surface area (Å²) in [6, 6.07) is 6.17. The molecule has 0 saturated heterocycles. The third-order valence-corrected chi connectivity index (χ3v) is 2.84. The summed E-state index contributed by atoms with van der Waals surface area (Å²) in [5.41, 5.74) is 11.8. The summed E-state index contributed by atoms with van der Waals surface area (Å²) in [7, 11) is 0. The summed E-state index contributed by atoms with van der Waals surface area (Å²) < 4.78 is 0. The fraction of sp³-hybridized carbons (Fsp3) is 0.286. The molecule has 0 aliphatic heterocycles. The largest absolute Gasteiger partial charge is 0.399 e. The van der Waals surface area contributed by atoms with Gasteiger partial charge in [0.2, 0.25) is 0 Å². The first-order chi connectivity index (χ1) is 7.08. The van der Waals surface area contributed by atoms with Gasteiger partial charge in [-0.1, -0.05) is 38.1 Å². The molecule has 1 heteroatoms. The Morgan fingerprint density at radius 1 is 1.33 bits per heavy atom. The van der Waals surface area contributed by atoms with Crippen LogP contribution < -0.4 is 5.73 Å². The van der Waals surface area contributed by atoms with Crippen molar-refractivity contribution in [2.24, 2.45) is 5.92 Å². The van der Waals surface area contributed by atoms with Crippen molar-refractivity contribution in [1.29, 1.82) is 0 Å². The van der Waals surface area contributed by atoms with E-state index in [1.54, 1.807) is 0 Å². The average molecular weight is 199 g/mol. The smallest absolute Gasteiger partial charge is 0.0317 e. The second-order valence-electron chi connectivity index (χ2n) is 4.51. The number of nitrogens with two attached hydrogens (primary N) is 1. The van der Waals surface area contributed by atoms with E-state index in [2.05, 4.69) is 38.6 Å². The first-order valence-corrected chi connectivity index (χ1v) is 5.36. The maximum Gasteiger partial charge on any atom is 0.0317 e. The van der Waals surface area contributed by atoms with Crippen LogP contribution in [0.1, 0.15) is 25.0 Å². The summed E-state index contributed by atoms with van der Waals surface area (Å²) in [4.78, 5) is 0. The quantitative estimate of drug-likeness (QED) is 0.689. The number of nitrogen functional groups attached to an aromatic ring is 1. The van der Waals surface area contributed by atoms with E-state index in [0.29, 0.717) is 5.92 Å². The topological polar surface area (TPSA) is 26.0 Å². The summed E-state index contributed by atoms with van der Waals surface area (Å²) in [6.07, 6.45) is 3.14. The number of benzene rings is 1. The predicted molar refractivity (Wildman–Crippen MR) is 66.5 cm³/mol. The van der Waals surface area contributed by atoms with Gasteiger partial charge in [0.25, 0.3) is 0 Å². The van der Waals surface area contributed by atoms with Crippen LogP contribution in [-0.2, 0) is 6.42 Å². The van der Waals surface area contributed by atoms with Crippen molar-refractivity contribution in [3.05, 3.63) is 47.6 Å². The molecule has 78 valence electrons. The van der Waals surface area contributed by atoms with E-state index in [1.807, 2.05) is 6.07 Å². The lowest BCUT2D eigenvalue weighted by Gasteiger charge is -2.22. The standard InChI is InChI=1S/C14H17N/c1-9(2)14-7-10(3)6-11-8-12(15)4-5-13(11)14/h4-5,7-9H,3,6,15H2,1-2H3. The maximum absolute atomic E-state index is 5.80. The zero-order valence-electron chi connectivity index (χ0n) is 9.38. The highest BCUT2D eigenvalue weighted by molar-refractivity contribution is 5.76. The average Bonchev–Trinajstić information content (AvgIpc) is 2.15. The first-order valence-electron chi connectivity index (χ1n) is 5.36. The van der Waals surface area contributed by atoms with E-state index in [9.17, 15) is 0 Å². The number of fused-ring (bicyclic) bond motifs is 1. The summed E-state index contributed by atoms with van der Waals surface area (Å²) in [5.74, 6) is 0.532. The van der Waals surface area contributed by atoms with Gasteiger partial charge >= 0.3 is 0 Å². The molecule has 0 atom stereocenters. The highest BCUT2D eigenvalue weighted by atomic mass is 14.5. The number of hydrogen-bond donors (Lipinski definition) is 1. The zero-order chi connectivity index (χ0) is 11.0. The van der Waals surface area contributed by atoms with Gasteiger partial charge in [-0.25, -0.2) is 0 Å². The van der Waals surface area contributed by atoms with Crippen molar-refractivity contribution in [2.45, 2.75) is 20.3 Å². The van der Waals surface area contributed by atoms with Gasteiger partial charge in [-0.2, -0.15) is 0 Å². The number of hydrogen-bond acceptors (Lipinski definition) is 1. The Bertz CT molecular complexity index is 439. The van der Waals surface area contributed by atoms with Crippen molar-refractivity contribution in [3.8, 4) is 0 Å². The van der Waals surface area contributed by atoms with Crippen LogP contribution in [0.25, 0.3) is 5.57 Å². The molecule has 0 heterocycles. The van der Waals surface area contributed by atoms with E-state index < -0.39 is 0 Å². The minimum atomic E-state index is 0.532. The van der Waals surface area contributed by atoms with Gasteiger partial charge in [0.05, 0.1) is 0 Å². The molecule has 15 heavy (non-hydrogen) atoms. The monoisotopic (exact) mass is 199 g/mol. The Balaban J connectivity index is 2.56. The van der Waals surface area contributed by atoms with Gasteiger partial charge < -0.3 is 5.73 Å². The molecule has 0 radical (unpaired) electrons. The molecule has 1 aromatic carbocycles. The summed E-state index contributed by atoms with van der Waals surface area (Å²) >= 11 is 0. The molecule has 0 saturated carbocycles.